The maximum absolute atomic E-state index is 13.1. The maximum Gasteiger partial charge on any atom is 0.252 e. The fraction of sp³-hybridized carbons (Fsp3) is 0.0938. The molecule has 3 nitrogen and oxygen atoms in total. The van der Waals surface area contributed by atoms with Gasteiger partial charge in [0.1, 0.15) is 0 Å². The van der Waals surface area contributed by atoms with Crippen molar-refractivity contribution in [3.8, 4) is 0 Å². The first kappa shape index (κ1) is 22.6. The summed E-state index contributed by atoms with van der Waals surface area (Å²) in [6, 6.07) is 42.7. The van der Waals surface area contributed by atoms with Gasteiger partial charge >= 0.3 is 0 Å². The van der Waals surface area contributed by atoms with Gasteiger partial charge in [-0.1, -0.05) is 109 Å². The molecule has 35 heavy (non-hydrogen) atoms. The van der Waals surface area contributed by atoms with Crippen molar-refractivity contribution in [1.29, 1.82) is 0 Å². The molecule has 0 saturated carbocycles. The SMILES string of the molecule is O=C(NC(c1ccccc1)c1ccccc1)c1ccc(CNCc2ccc3ccccc3c2)cc1. The second-order valence-electron chi connectivity index (χ2n) is 8.71. The Morgan fingerprint density at radius 2 is 1.11 bits per heavy atom. The van der Waals surface area contributed by atoms with Crippen molar-refractivity contribution in [2.75, 3.05) is 0 Å². The van der Waals surface area contributed by atoms with E-state index in [4.69, 9.17) is 0 Å². The average molecular weight is 457 g/mol. The fourth-order valence-electron chi connectivity index (χ4n) is 4.34. The third kappa shape index (κ3) is 5.65. The number of carbonyl (C=O) groups excluding carboxylic acids is 1. The van der Waals surface area contributed by atoms with Gasteiger partial charge in [0.2, 0.25) is 0 Å². The summed E-state index contributed by atoms with van der Waals surface area (Å²) in [6.07, 6.45) is 0. The van der Waals surface area contributed by atoms with Crippen molar-refractivity contribution in [1.82, 2.24) is 10.6 Å². The lowest BCUT2D eigenvalue weighted by molar-refractivity contribution is 0.0943. The van der Waals surface area contributed by atoms with E-state index in [1.807, 2.05) is 84.9 Å². The van der Waals surface area contributed by atoms with Gasteiger partial charge in [0, 0.05) is 18.7 Å². The van der Waals surface area contributed by atoms with Crippen molar-refractivity contribution in [2.24, 2.45) is 0 Å². The van der Waals surface area contributed by atoms with Crippen molar-refractivity contribution in [2.45, 2.75) is 19.1 Å². The number of hydrogen-bond acceptors (Lipinski definition) is 2. The molecule has 0 fully saturated rings. The number of rotatable bonds is 8. The number of benzene rings is 5. The van der Waals surface area contributed by atoms with E-state index in [0.29, 0.717) is 5.56 Å². The molecule has 0 unspecified atom stereocenters. The lowest BCUT2D eigenvalue weighted by atomic mass is 9.98. The third-order valence-corrected chi connectivity index (χ3v) is 6.23. The van der Waals surface area contributed by atoms with Crippen LogP contribution in [-0.2, 0) is 13.1 Å². The first-order chi connectivity index (χ1) is 17.3. The minimum absolute atomic E-state index is 0.0848. The summed E-state index contributed by atoms with van der Waals surface area (Å²) >= 11 is 0. The zero-order chi connectivity index (χ0) is 23.9. The molecule has 2 N–H and O–H groups in total. The summed E-state index contributed by atoms with van der Waals surface area (Å²) in [4.78, 5) is 13.1. The number of carbonyl (C=O) groups is 1. The van der Waals surface area contributed by atoms with Crippen LogP contribution in [0.3, 0.4) is 0 Å². The van der Waals surface area contributed by atoms with Gasteiger partial charge in [-0.05, 0) is 51.2 Å². The highest BCUT2D eigenvalue weighted by Gasteiger charge is 2.17. The summed E-state index contributed by atoms with van der Waals surface area (Å²) in [6.45, 7) is 1.54. The second kappa shape index (κ2) is 10.8. The molecule has 0 heterocycles. The average Bonchev–Trinajstić information content (AvgIpc) is 2.93. The Hall–Kier alpha value is -4.21. The van der Waals surface area contributed by atoms with Crippen LogP contribution in [0, 0.1) is 0 Å². The lowest BCUT2D eigenvalue weighted by Crippen LogP contribution is -2.29. The monoisotopic (exact) mass is 456 g/mol. The molecule has 0 aromatic heterocycles. The van der Waals surface area contributed by atoms with Crippen LogP contribution in [-0.4, -0.2) is 5.91 Å². The van der Waals surface area contributed by atoms with Crippen LogP contribution in [0.25, 0.3) is 10.8 Å². The van der Waals surface area contributed by atoms with Crippen LogP contribution in [0.5, 0.6) is 0 Å². The number of hydrogen-bond donors (Lipinski definition) is 2. The van der Waals surface area contributed by atoms with Gasteiger partial charge in [-0.15, -0.1) is 0 Å². The summed E-state index contributed by atoms with van der Waals surface area (Å²) < 4.78 is 0. The Kier molecular flexibility index (Phi) is 6.97. The Bertz CT molecular complexity index is 1360. The molecule has 5 aromatic carbocycles. The van der Waals surface area contributed by atoms with Crippen molar-refractivity contribution >= 4 is 16.7 Å². The normalized spacial score (nSPS) is 11.0. The molecule has 0 saturated heterocycles. The zero-order valence-electron chi connectivity index (χ0n) is 19.5. The molecule has 0 bridgehead atoms. The van der Waals surface area contributed by atoms with Gasteiger partial charge in [0.05, 0.1) is 6.04 Å². The molecular formula is C32H28N2O. The first-order valence-electron chi connectivity index (χ1n) is 11.9. The van der Waals surface area contributed by atoms with E-state index in [-0.39, 0.29) is 11.9 Å². The lowest BCUT2D eigenvalue weighted by Gasteiger charge is -2.20. The topological polar surface area (TPSA) is 41.1 Å². The van der Waals surface area contributed by atoms with Gasteiger partial charge in [-0.25, -0.2) is 0 Å². The Balaban J connectivity index is 1.21. The van der Waals surface area contributed by atoms with Crippen LogP contribution in [0.1, 0.15) is 38.7 Å². The van der Waals surface area contributed by atoms with Crippen LogP contribution in [0.4, 0.5) is 0 Å². The molecular weight excluding hydrogens is 428 g/mol. The van der Waals surface area contributed by atoms with E-state index >= 15 is 0 Å². The van der Waals surface area contributed by atoms with E-state index in [1.165, 1.54) is 16.3 Å². The number of nitrogens with one attached hydrogen (secondary N) is 2. The number of fused-ring (bicyclic) bond motifs is 1. The highest BCUT2D eigenvalue weighted by Crippen LogP contribution is 2.22. The van der Waals surface area contributed by atoms with Gasteiger partial charge in [0.25, 0.3) is 5.91 Å². The van der Waals surface area contributed by atoms with E-state index in [9.17, 15) is 4.79 Å². The molecule has 172 valence electrons. The van der Waals surface area contributed by atoms with Crippen LogP contribution >= 0.6 is 0 Å². The Morgan fingerprint density at radius 3 is 1.77 bits per heavy atom. The molecule has 0 spiro atoms. The first-order valence-corrected chi connectivity index (χ1v) is 11.9. The zero-order valence-corrected chi connectivity index (χ0v) is 19.5. The highest BCUT2D eigenvalue weighted by molar-refractivity contribution is 5.94. The van der Waals surface area contributed by atoms with E-state index < -0.39 is 0 Å². The van der Waals surface area contributed by atoms with Crippen LogP contribution in [0.15, 0.2) is 127 Å². The standard InChI is InChI=1S/C32H28N2O/c35-32(34-31(27-10-3-1-4-11-27)28-12-5-2-6-13-28)29-19-15-24(16-20-29)22-33-23-25-17-18-26-9-7-8-14-30(26)21-25/h1-21,31,33H,22-23H2,(H,34,35). The minimum Gasteiger partial charge on any atom is -0.341 e. The van der Waals surface area contributed by atoms with Gasteiger partial charge in [-0.2, -0.15) is 0 Å². The van der Waals surface area contributed by atoms with Crippen molar-refractivity contribution in [3.63, 3.8) is 0 Å². The van der Waals surface area contributed by atoms with Crippen LogP contribution < -0.4 is 10.6 Å². The van der Waals surface area contributed by atoms with Crippen molar-refractivity contribution in [3.05, 3.63) is 155 Å². The predicted octanol–water partition coefficient (Wildman–Crippen LogP) is 6.65. The molecule has 0 atom stereocenters. The van der Waals surface area contributed by atoms with Gasteiger partial charge < -0.3 is 10.6 Å². The molecule has 5 rings (SSSR count). The van der Waals surface area contributed by atoms with E-state index in [2.05, 4.69) is 53.1 Å². The largest absolute Gasteiger partial charge is 0.341 e. The predicted molar refractivity (Wildman–Crippen MR) is 143 cm³/mol. The maximum atomic E-state index is 13.1. The summed E-state index contributed by atoms with van der Waals surface area (Å²) in [5.41, 5.74) is 5.17. The smallest absolute Gasteiger partial charge is 0.252 e. The summed E-state index contributed by atoms with van der Waals surface area (Å²) in [5, 5.41) is 9.23. The number of amides is 1. The highest BCUT2D eigenvalue weighted by atomic mass is 16.1. The molecule has 1 amide bonds. The minimum atomic E-state index is -0.201. The Labute approximate surface area is 206 Å². The molecule has 5 aromatic rings. The van der Waals surface area contributed by atoms with Gasteiger partial charge in [0.15, 0.2) is 0 Å². The molecule has 3 heteroatoms. The molecule has 0 aliphatic carbocycles. The summed E-state index contributed by atoms with van der Waals surface area (Å²) in [7, 11) is 0. The molecule has 0 aliphatic heterocycles. The molecule has 0 radical (unpaired) electrons. The Morgan fingerprint density at radius 1 is 0.571 bits per heavy atom. The third-order valence-electron chi connectivity index (χ3n) is 6.23. The fourth-order valence-corrected chi connectivity index (χ4v) is 4.34. The van der Waals surface area contributed by atoms with Crippen LogP contribution in [0.2, 0.25) is 0 Å². The second-order valence-corrected chi connectivity index (χ2v) is 8.71. The van der Waals surface area contributed by atoms with Crippen molar-refractivity contribution < 1.29 is 4.79 Å². The molecule has 0 aliphatic rings. The summed E-state index contributed by atoms with van der Waals surface area (Å²) in [5.74, 6) is -0.0848. The van der Waals surface area contributed by atoms with Gasteiger partial charge in [-0.3, -0.25) is 4.79 Å². The quantitative estimate of drug-likeness (QED) is 0.274. The van der Waals surface area contributed by atoms with E-state index in [0.717, 1.165) is 29.8 Å². The van der Waals surface area contributed by atoms with E-state index in [1.54, 1.807) is 0 Å².